The highest BCUT2D eigenvalue weighted by molar-refractivity contribution is 7.99. The zero-order chi connectivity index (χ0) is 19.4. The number of hydrogen-bond donors (Lipinski definition) is 3. The molecule has 0 saturated heterocycles. The Kier molecular flexibility index (Phi) is 6.00. The summed E-state index contributed by atoms with van der Waals surface area (Å²) in [5, 5.41) is 20.8. The number of rotatable bonds is 5. The van der Waals surface area contributed by atoms with Gasteiger partial charge in [0, 0.05) is 21.3 Å². The lowest BCUT2D eigenvalue weighted by molar-refractivity contribution is -0.113. The Morgan fingerprint density at radius 1 is 1.11 bits per heavy atom. The van der Waals surface area contributed by atoms with E-state index in [-0.39, 0.29) is 28.3 Å². The van der Waals surface area contributed by atoms with Gasteiger partial charge >= 0.3 is 0 Å². The molecular formula is C17H12Cl2N4O3S. The molecule has 0 unspecified atom stereocenters. The van der Waals surface area contributed by atoms with Gasteiger partial charge in [0.25, 0.3) is 5.56 Å². The third kappa shape index (κ3) is 5.22. The van der Waals surface area contributed by atoms with Crippen molar-refractivity contribution in [1.82, 2.24) is 15.2 Å². The molecule has 3 rings (SSSR count). The molecule has 0 fully saturated rings. The molecule has 0 atom stereocenters. The Morgan fingerprint density at radius 3 is 2.41 bits per heavy atom. The number of aromatic nitrogens is 3. The number of anilines is 1. The van der Waals surface area contributed by atoms with Crippen LogP contribution in [0.3, 0.4) is 0 Å². The van der Waals surface area contributed by atoms with Gasteiger partial charge in [-0.1, -0.05) is 35.0 Å². The van der Waals surface area contributed by atoms with E-state index in [9.17, 15) is 14.7 Å². The number of phenols is 1. The van der Waals surface area contributed by atoms with Crippen molar-refractivity contribution >= 4 is 46.6 Å². The van der Waals surface area contributed by atoms with Crippen molar-refractivity contribution in [2.24, 2.45) is 0 Å². The first-order chi connectivity index (χ1) is 12.9. The van der Waals surface area contributed by atoms with E-state index in [0.717, 1.165) is 11.8 Å². The lowest BCUT2D eigenvalue weighted by Gasteiger charge is -2.06. The second-order valence-electron chi connectivity index (χ2n) is 5.35. The first kappa shape index (κ1) is 19.2. The second kappa shape index (κ2) is 8.43. The van der Waals surface area contributed by atoms with Gasteiger partial charge in [0.1, 0.15) is 5.75 Å². The number of thioether (sulfide) groups is 1. The third-order valence-corrected chi connectivity index (χ3v) is 4.60. The Hall–Kier alpha value is -2.55. The Morgan fingerprint density at radius 2 is 1.78 bits per heavy atom. The van der Waals surface area contributed by atoms with Crippen molar-refractivity contribution in [3.05, 3.63) is 62.9 Å². The van der Waals surface area contributed by atoms with Gasteiger partial charge < -0.3 is 10.4 Å². The first-order valence-corrected chi connectivity index (χ1v) is 9.30. The number of benzene rings is 2. The highest BCUT2D eigenvalue weighted by Crippen LogP contribution is 2.23. The van der Waals surface area contributed by atoms with Gasteiger partial charge in [0.15, 0.2) is 10.9 Å². The molecule has 138 valence electrons. The average Bonchev–Trinajstić information content (AvgIpc) is 2.60. The van der Waals surface area contributed by atoms with Crippen LogP contribution in [0.2, 0.25) is 10.0 Å². The van der Waals surface area contributed by atoms with E-state index < -0.39 is 5.56 Å². The van der Waals surface area contributed by atoms with Gasteiger partial charge in [-0.3, -0.25) is 14.6 Å². The van der Waals surface area contributed by atoms with Crippen molar-refractivity contribution < 1.29 is 9.90 Å². The highest BCUT2D eigenvalue weighted by Gasteiger charge is 2.10. The first-order valence-electron chi connectivity index (χ1n) is 7.56. The molecule has 0 aliphatic rings. The van der Waals surface area contributed by atoms with Crippen LogP contribution in [0.4, 0.5) is 5.69 Å². The van der Waals surface area contributed by atoms with Gasteiger partial charge in [-0.2, -0.15) is 0 Å². The van der Waals surface area contributed by atoms with E-state index in [2.05, 4.69) is 20.5 Å². The minimum absolute atomic E-state index is 0.00725. The summed E-state index contributed by atoms with van der Waals surface area (Å²) in [6.45, 7) is 0. The molecule has 0 radical (unpaired) electrons. The Balaban J connectivity index is 1.64. The summed E-state index contributed by atoms with van der Waals surface area (Å²) in [6, 6.07) is 10.7. The number of nitrogens with one attached hydrogen (secondary N) is 2. The van der Waals surface area contributed by atoms with E-state index in [0.29, 0.717) is 21.3 Å². The number of halogens is 2. The number of H-pyrrole nitrogens is 1. The molecule has 1 heterocycles. The number of nitrogens with zero attached hydrogens (tertiary/aromatic N) is 2. The van der Waals surface area contributed by atoms with Crippen LogP contribution in [-0.4, -0.2) is 31.9 Å². The molecule has 3 N–H and O–H groups in total. The van der Waals surface area contributed by atoms with Crippen LogP contribution >= 0.6 is 35.0 Å². The third-order valence-electron chi connectivity index (χ3n) is 3.30. The van der Waals surface area contributed by atoms with Gasteiger partial charge in [0.05, 0.1) is 5.75 Å². The van der Waals surface area contributed by atoms with Crippen LogP contribution in [0, 0.1) is 0 Å². The van der Waals surface area contributed by atoms with Gasteiger partial charge in [-0.05, 0) is 42.5 Å². The lowest BCUT2D eigenvalue weighted by Crippen LogP contribution is -2.17. The number of phenolic OH excluding ortho intramolecular Hbond substituents is 1. The maximum Gasteiger partial charge on any atom is 0.278 e. The molecule has 10 heteroatoms. The molecule has 2 aromatic carbocycles. The number of carbonyl (C=O) groups excluding carboxylic acids is 1. The largest absolute Gasteiger partial charge is 0.508 e. The average molecular weight is 423 g/mol. The maximum absolute atomic E-state index is 12.2. The molecular weight excluding hydrogens is 411 g/mol. The van der Waals surface area contributed by atoms with Gasteiger partial charge in [-0.25, -0.2) is 0 Å². The predicted octanol–water partition coefficient (Wildman–Crippen LogP) is 3.58. The quantitative estimate of drug-likeness (QED) is 0.542. The van der Waals surface area contributed by atoms with Gasteiger partial charge in [0.2, 0.25) is 5.91 Å². The predicted molar refractivity (Wildman–Crippen MR) is 106 cm³/mol. The molecule has 1 aromatic heterocycles. The standard InChI is InChI=1S/C17H12Cl2N4O3S/c18-10-5-11(19)7-12(6-10)20-14(25)8-27-17-21-16(26)15(22-23-17)9-1-3-13(24)4-2-9/h1-7,24H,8H2,(H,20,25)(H,21,23,26). The van der Waals surface area contributed by atoms with E-state index in [4.69, 9.17) is 23.2 Å². The second-order valence-corrected chi connectivity index (χ2v) is 7.19. The summed E-state index contributed by atoms with van der Waals surface area (Å²) in [5.74, 6) is -0.223. The number of aromatic hydroxyl groups is 1. The summed E-state index contributed by atoms with van der Waals surface area (Å²) < 4.78 is 0. The van der Waals surface area contributed by atoms with Crippen molar-refractivity contribution in [3.8, 4) is 17.0 Å². The zero-order valence-corrected chi connectivity index (χ0v) is 15.9. The fourth-order valence-corrected chi connectivity index (χ4v) is 3.28. The minimum Gasteiger partial charge on any atom is -0.508 e. The van der Waals surface area contributed by atoms with Crippen molar-refractivity contribution in [3.63, 3.8) is 0 Å². The number of carbonyl (C=O) groups is 1. The fourth-order valence-electron chi connectivity index (χ4n) is 2.15. The maximum atomic E-state index is 12.2. The van der Waals surface area contributed by atoms with Crippen molar-refractivity contribution in [1.29, 1.82) is 0 Å². The van der Waals surface area contributed by atoms with E-state index in [1.165, 1.54) is 12.1 Å². The molecule has 0 spiro atoms. The van der Waals surface area contributed by atoms with E-state index >= 15 is 0 Å². The summed E-state index contributed by atoms with van der Waals surface area (Å²) in [6.07, 6.45) is 0. The summed E-state index contributed by atoms with van der Waals surface area (Å²) in [4.78, 5) is 26.8. The van der Waals surface area contributed by atoms with Crippen LogP contribution in [-0.2, 0) is 4.79 Å². The smallest absolute Gasteiger partial charge is 0.278 e. The number of amides is 1. The lowest BCUT2D eigenvalue weighted by atomic mass is 10.1. The SMILES string of the molecule is O=C(CSc1nnc(-c2ccc(O)cc2)c(=O)[nH]1)Nc1cc(Cl)cc(Cl)c1. The molecule has 3 aromatic rings. The van der Waals surface area contributed by atoms with Crippen LogP contribution in [0.15, 0.2) is 52.4 Å². The summed E-state index contributed by atoms with van der Waals surface area (Å²) in [5.41, 5.74) is 0.673. The fraction of sp³-hybridized carbons (Fsp3) is 0.0588. The van der Waals surface area contributed by atoms with Crippen molar-refractivity contribution in [2.45, 2.75) is 5.16 Å². The summed E-state index contributed by atoms with van der Waals surface area (Å²) in [7, 11) is 0. The van der Waals surface area contributed by atoms with E-state index in [1.807, 2.05) is 0 Å². The minimum atomic E-state index is -0.444. The number of hydrogen-bond acceptors (Lipinski definition) is 6. The van der Waals surface area contributed by atoms with Crippen LogP contribution < -0.4 is 10.9 Å². The molecule has 7 nitrogen and oxygen atoms in total. The normalized spacial score (nSPS) is 10.6. The number of aromatic amines is 1. The van der Waals surface area contributed by atoms with Crippen LogP contribution in [0.5, 0.6) is 5.75 Å². The molecule has 27 heavy (non-hydrogen) atoms. The zero-order valence-electron chi connectivity index (χ0n) is 13.6. The topological polar surface area (TPSA) is 108 Å². The Labute approximate surface area is 167 Å². The van der Waals surface area contributed by atoms with Crippen LogP contribution in [0.25, 0.3) is 11.3 Å². The molecule has 1 amide bonds. The molecule has 0 aliphatic heterocycles. The van der Waals surface area contributed by atoms with E-state index in [1.54, 1.807) is 30.3 Å². The highest BCUT2D eigenvalue weighted by atomic mass is 35.5. The molecule has 0 bridgehead atoms. The monoisotopic (exact) mass is 422 g/mol. The Bertz CT molecular complexity index is 1020. The molecule has 0 aliphatic carbocycles. The van der Waals surface area contributed by atoms with Crippen molar-refractivity contribution in [2.75, 3.05) is 11.1 Å². The summed E-state index contributed by atoms with van der Waals surface area (Å²) >= 11 is 12.8. The molecule has 0 saturated carbocycles. The van der Waals surface area contributed by atoms with Gasteiger partial charge in [-0.15, -0.1) is 10.2 Å². The van der Waals surface area contributed by atoms with Crippen LogP contribution in [0.1, 0.15) is 0 Å².